The smallest absolute Gasteiger partial charge is 0.273 e. The van der Waals surface area contributed by atoms with E-state index in [0.717, 1.165) is 6.42 Å². The molecule has 3 aromatic rings. The number of hydrazine groups is 1. The van der Waals surface area contributed by atoms with Gasteiger partial charge in [-0.15, -0.1) is 0 Å². The van der Waals surface area contributed by atoms with Crippen molar-refractivity contribution in [3.05, 3.63) is 66.0 Å². The van der Waals surface area contributed by atoms with Crippen LogP contribution in [0.3, 0.4) is 0 Å². The van der Waals surface area contributed by atoms with Gasteiger partial charge in [-0.1, -0.05) is 31.2 Å². The first-order valence-corrected chi connectivity index (χ1v) is 8.69. The third-order valence-electron chi connectivity index (χ3n) is 4.04. The summed E-state index contributed by atoms with van der Waals surface area (Å²) in [6, 6.07) is 14.5. The lowest BCUT2D eigenvalue weighted by atomic mass is 10.2. The Bertz CT molecular complexity index is 960. The lowest BCUT2D eigenvalue weighted by Crippen LogP contribution is -2.30. The van der Waals surface area contributed by atoms with Gasteiger partial charge in [0.25, 0.3) is 5.91 Å². The van der Waals surface area contributed by atoms with Crippen molar-refractivity contribution in [2.45, 2.75) is 13.3 Å². The summed E-state index contributed by atoms with van der Waals surface area (Å²) < 4.78 is 10.9. The van der Waals surface area contributed by atoms with Gasteiger partial charge in [-0.05, 0) is 36.2 Å². The minimum atomic E-state index is -0.395. The lowest BCUT2D eigenvalue weighted by Gasteiger charge is -2.13. The number of hydrogen-bond acceptors (Lipinski definition) is 7. The van der Waals surface area contributed by atoms with Crippen LogP contribution in [0.1, 0.15) is 22.8 Å². The van der Waals surface area contributed by atoms with Crippen LogP contribution in [-0.4, -0.2) is 23.0 Å². The van der Waals surface area contributed by atoms with E-state index in [9.17, 15) is 4.79 Å². The number of carbonyl (C=O) groups excluding carboxylic acids is 1. The van der Waals surface area contributed by atoms with Crippen molar-refractivity contribution in [2.24, 2.45) is 0 Å². The van der Waals surface area contributed by atoms with E-state index in [-0.39, 0.29) is 17.4 Å². The van der Waals surface area contributed by atoms with Gasteiger partial charge in [0.05, 0.1) is 12.7 Å². The minimum absolute atomic E-state index is 0.169. The van der Waals surface area contributed by atoms with Crippen molar-refractivity contribution in [1.82, 2.24) is 15.4 Å². The highest BCUT2D eigenvalue weighted by Crippen LogP contribution is 2.29. The summed E-state index contributed by atoms with van der Waals surface area (Å²) in [4.78, 5) is 20.5. The maximum Gasteiger partial charge on any atom is 0.273 e. The number of rotatable bonds is 7. The van der Waals surface area contributed by atoms with Crippen molar-refractivity contribution < 1.29 is 14.3 Å². The fraction of sp³-hybridized carbons (Fsp3) is 0.150. The van der Waals surface area contributed by atoms with Crippen molar-refractivity contribution in [1.29, 1.82) is 0 Å². The van der Waals surface area contributed by atoms with Gasteiger partial charge in [-0.3, -0.25) is 15.6 Å². The molecule has 2 aromatic carbocycles. The van der Waals surface area contributed by atoms with Gasteiger partial charge in [0.2, 0.25) is 5.88 Å². The van der Waals surface area contributed by atoms with Crippen molar-refractivity contribution in [2.75, 3.05) is 18.3 Å². The second-order valence-electron chi connectivity index (χ2n) is 5.82. The predicted molar refractivity (Wildman–Crippen MR) is 106 cm³/mol. The molecule has 3 rings (SSSR count). The zero-order chi connectivity index (χ0) is 19.9. The summed E-state index contributed by atoms with van der Waals surface area (Å²) in [5.41, 5.74) is 13.1. The third-order valence-corrected chi connectivity index (χ3v) is 4.04. The Kier molecular flexibility index (Phi) is 5.91. The molecule has 0 aliphatic carbocycles. The van der Waals surface area contributed by atoms with Crippen molar-refractivity contribution in [3.63, 3.8) is 0 Å². The van der Waals surface area contributed by atoms with E-state index in [0.29, 0.717) is 17.1 Å². The van der Waals surface area contributed by atoms with E-state index in [1.807, 2.05) is 24.3 Å². The molecule has 1 aromatic heterocycles. The second-order valence-corrected chi connectivity index (χ2v) is 5.82. The lowest BCUT2D eigenvalue weighted by molar-refractivity contribution is 0.0959. The number of para-hydroxylation sites is 1. The van der Waals surface area contributed by atoms with Gasteiger partial charge < -0.3 is 15.2 Å². The molecule has 0 fully saturated rings. The molecule has 4 N–H and O–H groups in total. The van der Waals surface area contributed by atoms with Crippen molar-refractivity contribution in [3.8, 4) is 17.4 Å². The van der Waals surface area contributed by atoms with E-state index >= 15 is 0 Å². The summed E-state index contributed by atoms with van der Waals surface area (Å²) in [5, 5.41) is 0. The van der Waals surface area contributed by atoms with E-state index < -0.39 is 5.91 Å². The Hall–Kier alpha value is -3.81. The Labute approximate surface area is 162 Å². The van der Waals surface area contributed by atoms with E-state index in [1.165, 1.54) is 19.0 Å². The Morgan fingerprint density at radius 3 is 2.57 bits per heavy atom. The molecule has 0 bridgehead atoms. The number of nitrogens with one attached hydrogen (secondary N) is 2. The number of benzene rings is 2. The van der Waals surface area contributed by atoms with E-state index in [1.54, 1.807) is 24.3 Å². The first kappa shape index (κ1) is 19.0. The number of carbonyl (C=O) groups is 1. The second kappa shape index (κ2) is 8.72. The Morgan fingerprint density at radius 1 is 1.11 bits per heavy atom. The van der Waals surface area contributed by atoms with Crippen LogP contribution in [0, 0.1) is 0 Å². The number of nitrogen functional groups attached to an aromatic ring is 1. The molecule has 8 heteroatoms. The average Bonchev–Trinajstić information content (AvgIpc) is 2.74. The van der Waals surface area contributed by atoms with E-state index in [2.05, 4.69) is 27.7 Å². The summed E-state index contributed by atoms with van der Waals surface area (Å²) in [7, 11) is 1.50. The number of aryl methyl sites for hydroxylation is 1. The number of aromatic nitrogens is 2. The Balaban J connectivity index is 1.71. The maximum atomic E-state index is 12.4. The monoisotopic (exact) mass is 379 g/mol. The number of amides is 1. The molecular formula is C20H21N5O3. The summed E-state index contributed by atoms with van der Waals surface area (Å²) in [6.07, 6.45) is 2.24. The van der Waals surface area contributed by atoms with Crippen LogP contribution in [0.25, 0.3) is 0 Å². The van der Waals surface area contributed by atoms with Crippen LogP contribution in [0.15, 0.2) is 54.9 Å². The van der Waals surface area contributed by atoms with Crippen LogP contribution in [0.5, 0.6) is 17.4 Å². The average molecular weight is 379 g/mol. The third kappa shape index (κ3) is 4.29. The molecule has 0 unspecified atom stereocenters. The number of ether oxygens (including phenoxy) is 2. The molecule has 0 saturated heterocycles. The van der Waals surface area contributed by atoms with Gasteiger partial charge in [-0.2, -0.15) is 4.98 Å². The Morgan fingerprint density at radius 2 is 1.86 bits per heavy atom. The minimum Gasteiger partial charge on any atom is -0.496 e. The van der Waals surface area contributed by atoms with Gasteiger partial charge >= 0.3 is 0 Å². The van der Waals surface area contributed by atoms with Crippen LogP contribution in [-0.2, 0) is 6.42 Å². The number of nitrogens with zero attached hydrogens (tertiary/aromatic N) is 2. The molecular weight excluding hydrogens is 358 g/mol. The van der Waals surface area contributed by atoms with Gasteiger partial charge in [0.1, 0.15) is 23.5 Å². The SMILES string of the molecule is CCc1ccc(Oc2ncnc(NNC(=O)c3ccccc3OC)c2N)cc1. The zero-order valence-corrected chi connectivity index (χ0v) is 15.6. The van der Waals surface area contributed by atoms with E-state index in [4.69, 9.17) is 15.2 Å². The summed E-state index contributed by atoms with van der Waals surface area (Å²) >= 11 is 0. The van der Waals surface area contributed by atoms with Crippen molar-refractivity contribution >= 4 is 17.4 Å². The molecule has 8 nitrogen and oxygen atoms in total. The number of anilines is 2. The molecule has 1 amide bonds. The van der Waals surface area contributed by atoms with Crippen LogP contribution in [0.2, 0.25) is 0 Å². The first-order valence-electron chi connectivity index (χ1n) is 8.69. The molecule has 0 saturated carbocycles. The molecule has 0 aliphatic heterocycles. The number of nitrogens with two attached hydrogens (primary N) is 1. The molecule has 0 aliphatic rings. The zero-order valence-electron chi connectivity index (χ0n) is 15.6. The molecule has 0 atom stereocenters. The van der Waals surface area contributed by atoms with Gasteiger partial charge in [0.15, 0.2) is 5.82 Å². The highest BCUT2D eigenvalue weighted by atomic mass is 16.5. The highest BCUT2D eigenvalue weighted by Gasteiger charge is 2.14. The predicted octanol–water partition coefficient (Wildman–Crippen LogP) is 3.18. The standard InChI is InChI=1S/C20H21N5O3/c1-3-13-8-10-14(11-9-13)28-20-17(21)18(22-12-23-20)24-25-19(26)15-6-4-5-7-16(15)27-2/h4-12H,3,21H2,1-2H3,(H,25,26)(H,22,23,24). The molecule has 144 valence electrons. The summed E-state index contributed by atoms with van der Waals surface area (Å²) in [5.74, 6) is 1.07. The molecule has 28 heavy (non-hydrogen) atoms. The first-order chi connectivity index (χ1) is 13.6. The fourth-order valence-electron chi connectivity index (χ4n) is 2.48. The quantitative estimate of drug-likeness (QED) is 0.541. The number of methoxy groups -OCH3 is 1. The number of hydrogen-bond donors (Lipinski definition) is 3. The maximum absolute atomic E-state index is 12.4. The molecule has 0 radical (unpaired) electrons. The normalized spacial score (nSPS) is 10.2. The largest absolute Gasteiger partial charge is 0.496 e. The molecule has 1 heterocycles. The highest BCUT2D eigenvalue weighted by molar-refractivity contribution is 5.97. The topological polar surface area (TPSA) is 111 Å². The summed E-state index contributed by atoms with van der Waals surface area (Å²) in [6.45, 7) is 2.08. The van der Waals surface area contributed by atoms with Crippen LogP contribution >= 0.6 is 0 Å². The fourth-order valence-corrected chi connectivity index (χ4v) is 2.48. The van der Waals surface area contributed by atoms with Crippen LogP contribution < -0.4 is 26.1 Å². The molecule has 0 spiro atoms. The van der Waals surface area contributed by atoms with Gasteiger partial charge in [-0.25, -0.2) is 4.98 Å². The van der Waals surface area contributed by atoms with Crippen LogP contribution in [0.4, 0.5) is 11.5 Å². The van der Waals surface area contributed by atoms with Gasteiger partial charge in [0, 0.05) is 0 Å².